The second kappa shape index (κ2) is 61.9. The third-order valence-corrected chi connectivity index (χ3v) is 15.3. The third-order valence-electron chi connectivity index (χ3n) is 15.3. The van der Waals surface area contributed by atoms with Crippen LogP contribution in [0.1, 0.15) is 361 Å². The molecule has 0 bridgehead atoms. The Hall–Kier alpha value is -1.66. The summed E-state index contributed by atoms with van der Waals surface area (Å²) in [6.07, 6.45) is 76.5. The largest absolute Gasteiger partial charge is 0.466 e. The highest BCUT2D eigenvalue weighted by Crippen LogP contribution is 2.18. The Labute approximate surface area is 450 Å². The Bertz CT molecular complexity index is 1120. The number of hydrogen-bond donors (Lipinski definition) is 3. The predicted molar refractivity (Wildman–Crippen MR) is 315 cm³/mol. The van der Waals surface area contributed by atoms with Crippen LogP contribution in [-0.2, 0) is 14.3 Å². The minimum atomic E-state index is -0.661. The fourth-order valence-electron chi connectivity index (χ4n) is 10.3. The molecule has 0 radical (unpaired) electrons. The molecule has 0 heterocycles. The van der Waals surface area contributed by atoms with Gasteiger partial charge < -0.3 is 20.3 Å². The van der Waals surface area contributed by atoms with Gasteiger partial charge in [0.15, 0.2) is 0 Å². The second-order valence-corrected chi connectivity index (χ2v) is 22.5. The van der Waals surface area contributed by atoms with E-state index in [-0.39, 0.29) is 18.5 Å². The molecule has 3 N–H and O–H groups in total. The Morgan fingerprint density at radius 3 is 1.06 bits per heavy atom. The van der Waals surface area contributed by atoms with E-state index in [4.69, 9.17) is 4.74 Å². The molecule has 72 heavy (non-hydrogen) atoms. The van der Waals surface area contributed by atoms with Crippen molar-refractivity contribution in [3.63, 3.8) is 0 Å². The Morgan fingerprint density at radius 2 is 0.694 bits per heavy atom. The number of aliphatic hydroxyl groups is 2. The lowest BCUT2D eigenvalue weighted by Gasteiger charge is -2.22. The molecule has 0 aromatic carbocycles. The summed E-state index contributed by atoms with van der Waals surface area (Å²) in [6, 6.07) is -0.538. The van der Waals surface area contributed by atoms with E-state index in [1.807, 2.05) is 0 Å². The Balaban J connectivity index is 3.35. The van der Waals surface area contributed by atoms with Gasteiger partial charge in [-0.25, -0.2) is 0 Å². The van der Waals surface area contributed by atoms with Crippen LogP contribution in [0.5, 0.6) is 0 Å². The highest BCUT2D eigenvalue weighted by atomic mass is 16.5. The molecule has 0 aliphatic carbocycles. The fourth-order valence-corrected chi connectivity index (χ4v) is 10.3. The van der Waals surface area contributed by atoms with Crippen molar-refractivity contribution in [1.29, 1.82) is 0 Å². The molecule has 0 saturated heterocycles. The number of carbonyl (C=O) groups is 2. The van der Waals surface area contributed by atoms with Crippen molar-refractivity contribution in [3.8, 4) is 0 Å². The van der Waals surface area contributed by atoms with Crippen molar-refractivity contribution in [1.82, 2.24) is 5.32 Å². The molecule has 0 aromatic heterocycles. The quantitative estimate of drug-likeness (QED) is 0.0320. The van der Waals surface area contributed by atoms with Gasteiger partial charge in [-0.15, -0.1) is 0 Å². The number of hydrogen-bond acceptors (Lipinski definition) is 5. The molecule has 0 saturated carbocycles. The summed E-state index contributed by atoms with van der Waals surface area (Å²) in [5, 5.41) is 23.1. The van der Waals surface area contributed by atoms with Crippen molar-refractivity contribution in [2.45, 2.75) is 373 Å². The van der Waals surface area contributed by atoms with Gasteiger partial charge in [0.1, 0.15) is 0 Å². The van der Waals surface area contributed by atoms with Gasteiger partial charge in [0.05, 0.1) is 25.4 Å². The minimum absolute atomic E-state index is 0.0164. The van der Waals surface area contributed by atoms with Crippen LogP contribution >= 0.6 is 0 Å². The number of ether oxygens (including phenoxy) is 1. The van der Waals surface area contributed by atoms with Gasteiger partial charge in [0.2, 0.25) is 5.91 Å². The van der Waals surface area contributed by atoms with Crippen molar-refractivity contribution < 1.29 is 24.5 Å². The molecule has 2 atom stereocenters. The summed E-state index contributed by atoms with van der Waals surface area (Å²) in [5.74, 6) is -0.0192. The summed E-state index contributed by atoms with van der Waals surface area (Å²) in [5.41, 5.74) is 0. The third kappa shape index (κ3) is 57.6. The molecule has 0 aliphatic rings. The van der Waals surface area contributed by atoms with Crippen molar-refractivity contribution in [3.05, 3.63) is 24.3 Å². The van der Waals surface area contributed by atoms with Gasteiger partial charge in [-0.3, -0.25) is 9.59 Å². The molecule has 6 heteroatoms. The maximum atomic E-state index is 12.4. The summed E-state index contributed by atoms with van der Waals surface area (Å²) in [4.78, 5) is 24.5. The first-order valence-electron chi connectivity index (χ1n) is 32.6. The van der Waals surface area contributed by atoms with Gasteiger partial charge >= 0.3 is 5.97 Å². The average molecular weight is 1010 g/mol. The van der Waals surface area contributed by atoms with Gasteiger partial charge in [-0.2, -0.15) is 0 Å². The molecule has 1 amide bonds. The van der Waals surface area contributed by atoms with E-state index in [1.165, 1.54) is 283 Å². The van der Waals surface area contributed by atoms with Gasteiger partial charge in [0.25, 0.3) is 0 Å². The first-order valence-corrected chi connectivity index (χ1v) is 32.6. The van der Waals surface area contributed by atoms with E-state index in [9.17, 15) is 19.8 Å². The number of carbonyl (C=O) groups excluding carboxylic acids is 2. The molecule has 0 spiro atoms. The zero-order valence-corrected chi connectivity index (χ0v) is 48.7. The number of rotatable bonds is 61. The maximum absolute atomic E-state index is 12.4. The zero-order valence-electron chi connectivity index (χ0n) is 48.7. The summed E-state index contributed by atoms with van der Waals surface area (Å²) >= 11 is 0. The smallest absolute Gasteiger partial charge is 0.305 e. The summed E-state index contributed by atoms with van der Waals surface area (Å²) in [6.45, 7) is 4.95. The lowest BCUT2D eigenvalue weighted by atomic mass is 10.0. The van der Waals surface area contributed by atoms with Crippen LogP contribution in [0.15, 0.2) is 24.3 Å². The van der Waals surface area contributed by atoms with Gasteiger partial charge in [-0.1, -0.05) is 314 Å². The summed E-state index contributed by atoms with van der Waals surface area (Å²) in [7, 11) is 0. The normalized spacial score (nSPS) is 12.7. The van der Waals surface area contributed by atoms with Crippen LogP contribution in [0, 0.1) is 0 Å². The summed E-state index contributed by atoms with van der Waals surface area (Å²) < 4.78 is 5.49. The van der Waals surface area contributed by atoms with E-state index in [0.29, 0.717) is 25.9 Å². The van der Waals surface area contributed by atoms with E-state index < -0.39 is 12.1 Å². The topological polar surface area (TPSA) is 95.9 Å². The molecule has 0 fully saturated rings. The van der Waals surface area contributed by atoms with Crippen LogP contribution in [0.4, 0.5) is 0 Å². The van der Waals surface area contributed by atoms with Crippen molar-refractivity contribution in [2.24, 2.45) is 0 Å². The zero-order chi connectivity index (χ0) is 52.2. The van der Waals surface area contributed by atoms with E-state index >= 15 is 0 Å². The Morgan fingerprint density at radius 1 is 0.389 bits per heavy atom. The number of esters is 1. The van der Waals surface area contributed by atoms with Crippen molar-refractivity contribution >= 4 is 11.9 Å². The van der Waals surface area contributed by atoms with E-state index in [1.54, 1.807) is 0 Å². The monoisotopic (exact) mass is 1010 g/mol. The van der Waals surface area contributed by atoms with Crippen LogP contribution in [0.3, 0.4) is 0 Å². The van der Waals surface area contributed by atoms with E-state index in [2.05, 4.69) is 43.5 Å². The second-order valence-electron chi connectivity index (χ2n) is 22.5. The number of aliphatic hydroxyl groups excluding tert-OH is 2. The van der Waals surface area contributed by atoms with Crippen LogP contribution < -0.4 is 5.32 Å². The van der Waals surface area contributed by atoms with Crippen LogP contribution in [-0.4, -0.2) is 47.4 Å². The molecule has 0 rings (SSSR count). The molecule has 0 aliphatic heterocycles. The predicted octanol–water partition coefficient (Wildman–Crippen LogP) is 20.6. The SMILES string of the molecule is CCCCCCCCCCCCCCCCCC(=O)OCCCCCCCCCCC/C=C\C/C=C\CCCCCCCCCCCCCCCCCC(=O)NC(CO)C(O)CCCCCCCCCCC. The average Bonchev–Trinajstić information content (AvgIpc) is 3.38. The number of allylic oxidation sites excluding steroid dienone is 4. The lowest BCUT2D eigenvalue weighted by Crippen LogP contribution is -2.45. The van der Waals surface area contributed by atoms with Crippen LogP contribution in [0.25, 0.3) is 0 Å². The molecule has 6 nitrogen and oxygen atoms in total. The number of nitrogens with one attached hydrogen (secondary N) is 1. The highest BCUT2D eigenvalue weighted by Gasteiger charge is 2.20. The lowest BCUT2D eigenvalue weighted by molar-refractivity contribution is -0.143. The fraction of sp³-hybridized carbons (Fsp3) is 0.909. The first kappa shape index (κ1) is 70.3. The molecular formula is C66H127NO5. The number of amides is 1. The molecule has 0 aromatic rings. The number of unbranched alkanes of at least 4 members (excludes halogenated alkanes) is 46. The molecular weight excluding hydrogens is 887 g/mol. The first-order chi connectivity index (χ1) is 35.5. The van der Waals surface area contributed by atoms with Gasteiger partial charge in [0, 0.05) is 12.8 Å². The van der Waals surface area contributed by atoms with Crippen molar-refractivity contribution in [2.75, 3.05) is 13.2 Å². The standard InChI is InChI=1S/C66H127NO5/c1-3-5-7-9-11-13-14-15-33-37-40-44-48-52-56-60-66(71)72-61-57-53-49-45-41-38-35-32-30-28-26-24-22-20-18-16-17-19-21-23-25-27-29-31-34-36-39-43-47-51-55-59-65(70)67-63(62-68)64(69)58-54-50-46-42-12-10-8-6-4-2/h18,20,24,26,63-64,68-69H,3-17,19,21-23,25,27-62H2,1-2H3,(H,67,70)/b20-18-,26-24-. The molecule has 2 unspecified atom stereocenters. The highest BCUT2D eigenvalue weighted by molar-refractivity contribution is 5.76. The van der Waals surface area contributed by atoms with E-state index in [0.717, 1.165) is 44.9 Å². The molecule has 426 valence electrons. The Kier molecular flexibility index (Phi) is 60.5. The van der Waals surface area contributed by atoms with Gasteiger partial charge in [-0.05, 0) is 57.8 Å². The maximum Gasteiger partial charge on any atom is 0.305 e. The minimum Gasteiger partial charge on any atom is -0.466 e. The van der Waals surface area contributed by atoms with Crippen LogP contribution in [0.2, 0.25) is 0 Å².